The number of anilines is 1. The van der Waals surface area contributed by atoms with Crippen LogP contribution in [0.15, 0.2) is 34.2 Å². The number of thiazole rings is 1. The fraction of sp³-hybridized carbons (Fsp3) is 0.167. The minimum atomic E-state index is -0.717. The molecule has 19 heavy (non-hydrogen) atoms. The number of amides is 1. The van der Waals surface area contributed by atoms with Crippen molar-refractivity contribution in [1.82, 2.24) is 4.98 Å². The molecule has 2 aromatic rings. The van der Waals surface area contributed by atoms with Gasteiger partial charge in [0.25, 0.3) is 5.91 Å². The summed E-state index contributed by atoms with van der Waals surface area (Å²) in [7, 11) is 0. The van der Waals surface area contributed by atoms with Crippen LogP contribution in [0.3, 0.4) is 0 Å². The first-order valence-corrected chi connectivity index (χ1v) is 7.05. The average Bonchev–Trinajstić information content (AvgIpc) is 2.85. The number of benzene rings is 1. The maximum absolute atomic E-state index is 12.9. The highest BCUT2D eigenvalue weighted by Gasteiger charge is 2.17. The number of nitrogens with zero attached hydrogens (tertiary/aromatic N) is 1. The van der Waals surface area contributed by atoms with Crippen molar-refractivity contribution in [1.29, 1.82) is 0 Å². The van der Waals surface area contributed by atoms with Crippen LogP contribution in [0.2, 0.25) is 0 Å². The SMILES string of the molecule is C[C@@H](Oc1ccc(F)cc1Br)C(=O)Nc1nccs1. The van der Waals surface area contributed by atoms with Crippen LogP contribution >= 0.6 is 27.3 Å². The average molecular weight is 345 g/mol. The molecule has 0 radical (unpaired) electrons. The normalized spacial score (nSPS) is 11.9. The van der Waals surface area contributed by atoms with E-state index < -0.39 is 6.10 Å². The van der Waals surface area contributed by atoms with Crippen LogP contribution in [0, 0.1) is 5.82 Å². The molecule has 1 aromatic carbocycles. The van der Waals surface area contributed by atoms with Gasteiger partial charge in [-0.25, -0.2) is 9.37 Å². The highest BCUT2D eigenvalue weighted by molar-refractivity contribution is 9.10. The van der Waals surface area contributed by atoms with E-state index in [2.05, 4.69) is 26.2 Å². The first kappa shape index (κ1) is 14.0. The van der Waals surface area contributed by atoms with Crippen molar-refractivity contribution in [3.05, 3.63) is 40.1 Å². The third-order valence-corrected chi connectivity index (χ3v) is 3.54. The van der Waals surface area contributed by atoms with Crippen LogP contribution in [-0.4, -0.2) is 17.0 Å². The molecule has 0 saturated carbocycles. The molecule has 100 valence electrons. The van der Waals surface area contributed by atoms with Gasteiger partial charge < -0.3 is 4.74 Å². The number of carbonyl (C=O) groups excluding carboxylic acids is 1. The molecule has 1 N–H and O–H groups in total. The van der Waals surface area contributed by atoms with Gasteiger partial charge >= 0.3 is 0 Å². The molecule has 0 aliphatic heterocycles. The van der Waals surface area contributed by atoms with Gasteiger partial charge in [-0.3, -0.25) is 10.1 Å². The Bertz CT molecular complexity index is 577. The first-order chi connectivity index (χ1) is 9.06. The van der Waals surface area contributed by atoms with Crippen molar-refractivity contribution < 1.29 is 13.9 Å². The number of aromatic nitrogens is 1. The third kappa shape index (κ3) is 3.74. The van der Waals surface area contributed by atoms with Gasteiger partial charge in [-0.05, 0) is 41.1 Å². The topological polar surface area (TPSA) is 51.2 Å². The molecule has 1 amide bonds. The molecule has 0 bridgehead atoms. The summed E-state index contributed by atoms with van der Waals surface area (Å²) in [6.07, 6.45) is 0.883. The second-order valence-corrected chi connectivity index (χ2v) is 5.41. The van der Waals surface area contributed by atoms with Gasteiger partial charge in [-0.2, -0.15) is 0 Å². The Kier molecular flexibility index (Phi) is 4.49. The summed E-state index contributed by atoms with van der Waals surface area (Å²) in [5.41, 5.74) is 0. The molecule has 0 spiro atoms. The fourth-order valence-electron chi connectivity index (χ4n) is 1.31. The lowest BCUT2D eigenvalue weighted by molar-refractivity contribution is -0.122. The van der Waals surface area contributed by atoms with Gasteiger partial charge in [0.2, 0.25) is 0 Å². The van der Waals surface area contributed by atoms with Crippen molar-refractivity contribution in [2.75, 3.05) is 5.32 Å². The summed E-state index contributed by atoms with van der Waals surface area (Å²) in [6, 6.07) is 4.01. The van der Waals surface area contributed by atoms with E-state index in [1.807, 2.05) is 0 Å². The van der Waals surface area contributed by atoms with Crippen LogP contribution in [0.5, 0.6) is 5.75 Å². The lowest BCUT2D eigenvalue weighted by Gasteiger charge is -2.14. The van der Waals surface area contributed by atoms with Crippen LogP contribution in [0.25, 0.3) is 0 Å². The molecule has 0 unspecified atom stereocenters. The summed E-state index contributed by atoms with van der Waals surface area (Å²) in [4.78, 5) is 15.8. The minimum Gasteiger partial charge on any atom is -0.480 e. The van der Waals surface area contributed by atoms with Gasteiger partial charge in [0.15, 0.2) is 11.2 Å². The first-order valence-electron chi connectivity index (χ1n) is 5.38. The number of rotatable bonds is 4. The van der Waals surface area contributed by atoms with Crippen molar-refractivity contribution in [2.45, 2.75) is 13.0 Å². The van der Waals surface area contributed by atoms with E-state index in [4.69, 9.17) is 4.74 Å². The van der Waals surface area contributed by atoms with E-state index in [0.717, 1.165) is 0 Å². The molecule has 1 aromatic heterocycles. The molecule has 4 nitrogen and oxygen atoms in total. The molecule has 0 aliphatic carbocycles. The minimum absolute atomic E-state index is 0.314. The number of carbonyl (C=O) groups is 1. The zero-order valence-electron chi connectivity index (χ0n) is 9.89. The number of nitrogens with one attached hydrogen (secondary N) is 1. The highest BCUT2D eigenvalue weighted by atomic mass is 79.9. The van der Waals surface area contributed by atoms with Crippen LogP contribution < -0.4 is 10.1 Å². The van der Waals surface area contributed by atoms with Gasteiger partial charge in [0.1, 0.15) is 11.6 Å². The number of hydrogen-bond acceptors (Lipinski definition) is 4. The van der Waals surface area contributed by atoms with Crippen LogP contribution in [-0.2, 0) is 4.79 Å². The lowest BCUT2D eigenvalue weighted by Crippen LogP contribution is -2.30. The Hall–Kier alpha value is -1.47. The van der Waals surface area contributed by atoms with Crippen molar-refractivity contribution in [3.63, 3.8) is 0 Å². The largest absolute Gasteiger partial charge is 0.480 e. The van der Waals surface area contributed by atoms with E-state index in [1.165, 1.54) is 29.5 Å². The maximum Gasteiger partial charge on any atom is 0.266 e. The van der Waals surface area contributed by atoms with E-state index in [0.29, 0.717) is 15.4 Å². The Morgan fingerprint density at radius 3 is 3.00 bits per heavy atom. The predicted octanol–water partition coefficient (Wildman–Crippen LogP) is 3.45. The Labute approximate surface area is 121 Å². The van der Waals surface area contributed by atoms with Gasteiger partial charge in [-0.1, -0.05) is 0 Å². The standard InChI is InChI=1S/C12H10BrFN2O2S/c1-7(11(17)16-12-15-4-5-19-12)18-10-3-2-8(14)6-9(10)13/h2-7H,1H3,(H,15,16,17)/t7-/m1/s1. The lowest BCUT2D eigenvalue weighted by atomic mass is 10.3. The number of ether oxygens (including phenoxy) is 1. The van der Waals surface area contributed by atoms with Crippen molar-refractivity contribution in [2.24, 2.45) is 0 Å². The monoisotopic (exact) mass is 344 g/mol. The Balaban J connectivity index is 2.00. The maximum atomic E-state index is 12.9. The highest BCUT2D eigenvalue weighted by Crippen LogP contribution is 2.26. The Morgan fingerprint density at radius 1 is 1.58 bits per heavy atom. The summed E-state index contributed by atoms with van der Waals surface area (Å²) >= 11 is 4.50. The number of hydrogen-bond donors (Lipinski definition) is 1. The molecular formula is C12H10BrFN2O2S. The predicted molar refractivity (Wildman–Crippen MR) is 74.9 cm³/mol. The molecule has 0 fully saturated rings. The molecule has 1 atom stereocenters. The molecule has 2 rings (SSSR count). The summed E-state index contributed by atoms with van der Waals surface area (Å²) in [5, 5.41) is 4.90. The van der Waals surface area contributed by atoms with Crippen molar-refractivity contribution in [3.8, 4) is 5.75 Å². The Morgan fingerprint density at radius 2 is 2.37 bits per heavy atom. The van der Waals surface area contributed by atoms with E-state index in [1.54, 1.807) is 18.5 Å². The second kappa shape index (κ2) is 6.12. The van der Waals surface area contributed by atoms with Gasteiger partial charge in [-0.15, -0.1) is 11.3 Å². The zero-order valence-corrected chi connectivity index (χ0v) is 12.3. The molecular weight excluding hydrogens is 335 g/mol. The molecule has 0 aliphatic rings. The van der Waals surface area contributed by atoms with Crippen molar-refractivity contribution >= 4 is 38.3 Å². The second-order valence-electron chi connectivity index (χ2n) is 3.66. The van der Waals surface area contributed by atoms with E-state index >= 15 is 0 Å². The molecule has 0 saturated heterocycles. The smallest absolute Gasteiger partial charge is 0.266 e. The molecule has 1 heterocycles. The number of halogens is 2. The zero-order chi connectivity index (χ0) is 13.8. The summed E-state index contributed by atoms with van der Waals surface area (Å²) in [5.74, 6) is -0.284. The van der Waals surface area contributed by atoms with Crippen LogP contribution in [0.1, 0.15) is 6.92 Å². The quantitative estimate of drug-likeness (QED) is 0.923. The summed E-state index contributed by atoms with van der Waals surface area (Å²) < 4.78 is 18.8. The fourth-order valence-corrected chi connectivity index (χ4v) is 2.28. The van der Waals surface area contributed by atoms with E-state index in [-0.39, 0.29) is 11.7 Å². The van der Waals surface area contributed by atoms with Crippen LogP contribution in [0.4, 0.5) is 9.52 Å². The molecule has 7 heteroatoms. The third-order valence-electron chi connectivity index (χ3n) is 2.23. The van der Waals surface area contributed by atoms with Gasteiger partial charge in [0, 0.05) is 11.6 Å². The van der Waals surface area contributed by atoms with Gasteiger partial charge in [0.05, 0.1) is 4.47 Å². The summed E-state index contributed by atoms with van der Waals surface area (Å²) in [6.45, 7) is 1.61. The van der Waals surface area contributed by atoms with E-state index in [9.17, 15) is 9.18 Å².